The number of unbranched alkanes of at least 4 members (excludes halogenated alkanes) is 23. The molecule has 0 amide bonds. The van der Waals surface area contributed by atoms with Crippen molar-refractivity contribution in [2.75, 3.05) is 6.61 Å². The van der Waals surface area contributed by atoms with Gasteiger partial charge in [0.1, 0.15) is 6.10 Å². The van der Waals surface area contributed by atoms with Crippen molar-refractivity contribution in [2.24, 2.45) is 0 Å². The number of rotatable bonds is 32. The minimum Gasteiger partial charge on any atom is -0.466 e. The van der Waals surface area contributed by atoms with Crippen LogP contribution in [0.3, 0.4) is 0 Å². The van der Waals surface area contributed by atoms with Crippen molar-refractivity contribution in [2.45, 2.75) is 213 Å². The molecule has 4 nitrogen and oxygen atoms in total. The van der Waals surface area contributed by atoms with E-state index in [1.54, 1.807) is 0 Å². The molecule has 1 unspecified atom stereocenters. The molecule has 40 heavy (non-hydrogen) atoms. The van der Waals surface area contributed by atoms with Crippen molar-refractivity contribution in [1.29, 1.82) is 0 Å². The molecule has 0 aliphatic rings. The van der Waals surface area contributed by atoms with Crippen LogP contribution < -0.4 is 0 Å². The topological polar surface area (TPSA) is 52.6 Å². The number of ether oxygens (including phenoxy) is 2. The van der Waals surface area contributed by atoms with Gasteiger partial charge in [0.05, 0.1) is 13.0 Å². The summed E-state index contributed by atoms with van der Waals surface area (Å²) in [5.41, 5.74) is 0. The molecule has 0 saturated heterocycles. The minimum absolute atomic E-state index is 0.147. The predicted molar refractivity (Wildman–Crippen MR) is 172 cm³/mol. The third-order valence-electron chi connectivity index (χ3n) is 8.07. The first-order valence-corrected chi connectivity index (χ1v) is 18.0. The number of hydrogen-bond acceptors (Lipinski definition) is 4. The third-order valence-corrected chi connectivity index (χ3v) is 8.07. The lowest BCUT2D eigenvalue weighted by Gasteiger charge is -2.17. The van der Waals surface area contributed by atoms with E-state index in [4.69, 9.17) is 9.47 Å². The fourth-order valence-corrected chi connectivity index (χ4v) is 5.38. The fourth-order valence-electron chi connectivity index (χ4n) is 5.38. The first kappa shape index (κ1) is 38.9. The van der Waals surface area contributed by atoms with E-state index in [9.17, 15) is 9.59 Å². The summed E-state index contributed by atoms with van der Waals surface area (Å²) in [6.45, 7) is 7.21. The Hall–Kier alpha value is -1.06. The quantitative estimate of drug-likeness (QED) is 0.0600. The van der Waals surface area contributed by atoms with Gasteiger partial charge in [-0.3, -0.25) is 9.59 Å². The van der Waals surface area contributed by atoms with Gasteiger partial charge < -0.3 is 9.47 Å². The van der Waals surface area contributed by atoms with Gasteiger partial charge in [-0.05, 0) is 25.7 Å². The SMILES string of the molecule is CCCCCCCCCCCCCCOC(=O)CC(CCCCCCCCCCC)OC(=O)CCCCCCC. The number of esters is 2. The first-order chi connectivity index (χ1) is 19.6. The molecule has 0 aromatic heterocycles. The van der Waals surface area contributed by atoms with Crippen LogP contribution in [0.1, 0.15) is 207 Å². The van der Waals surface area contributed by atoms with Gasteiger partial charge in [-0.1, -0.05) is 168 Å². The van der Waals surface area contributed by atoms with E-state index in [1.807, 2.05) is 0 Å². The van der Waals surface area contributed by atoms with E-state index in [2.05, 4.69) is 20.8 Å². The summed E-state index contributed by atoms with van der Waals surface area (Å²) < 4.78 is 11.3. The van der Waals surface area contributed by atoms with E-state index in [0.717, 1.165) is 44.9 Å². The molecular formula is C36H70O4. The summed E-state index contributed by atoms with van der Waals surface area (Å²) >= 11 is 0. The molecule has 0 aromatic carbocycles. The zero-order chi connectivity index (χ0) is 29.4. The highest BCUT2D eigenvalue weighted by atomic mass is 16.6. The average molecular weight is 567 g/mol. The van der Waals surface area contributed by atoms with E-state index >= 15 is 0 Å². The van der Waals surface area contributed by atoms with Crippen LogP contribution in [0.15, 0.2) is 0 Å². The maximum Gasteiger partial charge on any atom is 0.309 e. The van der Waals surface area contributed by atoms with Crippen LogP contribution >= 0.6 is 0 Å². The highest BCUT2D eigenvalue weighted by molar-refractivity contribution is 5.72. The van der Waals surface area contributed by atoms with E-state index < -0.39 is 0 Å². The van der Waals surface area contributed by atoms with Crippen molar-refractivity contribution in [3.8, 4) is 0 Å². The molecule has 0 N–H and O–H groups in total. The molecule has 4 heteroatoms. The van der Waals surface area contributed by atoms with Gasteiger partial charge >= 0.3 is 11.9 Å². The molecule has 238 valence electrons. The Morgan fingerprint density at radius 3 is 1.27 bits per heavy atom. The van der Waals surface area contributed by atoms with Gasteiger partial charge in [-0.25, -0.2) is 0 Å². The van der Waals surface area contributed by atoms with Gasteiger partial charge in [-0.15, -0.1) is 0 Å². The summed E-state index contributed by atoms with van der Waals surface area (Å²) in [5.74, 6) is -0.356. The highest BCUT2D eigenvalue weighted by Crippen LogP contribution is 2.17. The van der Waals surface area contributed by atoms with E-state index in [0.29, 0.717) is 13.0 Å². The third kappa shape index (κ3) is 29.9. The average Bonchev–Trinajstić information content (AvgIpc) is 2.94. The molecule has 0 bridgehead atoms. The predicted octanol–water partition coefficient (Wildman–Crippen LogP) is 11.8. The molecule has 0 heterocycles. The number of carbonyl (C=O) groups excluding carboxylic acids is 2. The normalized spacial score (nSPS) is 12.0. The molecule has 0 rings (SSSR count). The van der Waals surface area contributed by atoms with Gasteiger partial charge in [0.25, 0.3) is 0 Å². The lowest BCUT2D eigenvalue weighted by atomic mass is 10.0. The van der Waals surface area contributed by atoms with Crippen LogP contribution in [-0.2, 0) is 19.1 Å². The van der Waals surface area contributed by atoms with Crippen LogP contribution in [0.4, 0.5) is 0 Å². The summed E-state index contributed by atoms with van der Waals surface area (Å²) in [6.07, 6.45) is 33.5. The molecule has 0 saturated carbocycles. The first-order valence-electron chi connectivity index (χ1n) is 18.0. The molecular weight excluding hydrogens is 496 g/mol. The van der Waals surface area contributed by atoms with Gasteiger partial charge in [0.2, 0.25) is 0 Å². The molecule has 0 spiro atoms. The van der Waals surface area contributed by atoms with Crippen LogP contribution in [0, 0.1) is 0 Å². The second-order valence-corrected chi connectivity index (χ2v) is 12.2. The summed E-state index contributed by atoms with van der Waals surface area (Å²) in [7, 11) is 0. The van der Waals surface area contributed by atoms with Crippen molar-refractivity contribution in [3.63, 3.8) is 0 Å². The van der Waals surface area contributed by atoms with E-state index in [-0.39, 0.29) is 24.5 Å². The van der Waals surface area contributed by atoms with Gasteiger partial charge in [0, 0.05) is 6.42 Å². The van der Waals surface area contributed by atoms with Crippen LogP contribution in [0.5, 0.6) is 0 Å². The molecule has 0 fully saturated rings. The Balaban J connectivity index is 4.08. The Labute approximate surface area is 250 Å². The molecule has 0 aliphatic heterocycles. The second kappa shape index (κ2) is 32.5. The summed E-state index contributed by atoms with van der Waals surface area (Å²) in [6, 6.07) is 0. The zero-order valence-electron chi connectivity index (χ0n) is 27.4. The van der Waals surface area contributed by atoms with Crippen molar-refractivity contribution >= 4 is 11.9 Å². The van der Waals surface area contributed by atoms with Crippen LogP contribution in [-0.4, -0.2) is 24.6 Å². The molecule has 1 atom stereocenters. The number of hydrogen-bond donors (Lipinski definition) is 0. The Morgan fingerprint density at radius 1 is 0.450 bits per heavy atom. The van der Waals surface area contributed by atoms with Gasteiger partial charge in [-0.2, -0.15) is 0 Å². The maximum absolute atomic E-state index is 12.5. The lowest BCUT2D eigenvalue weighted by molar-refractivity contribution is -0.155. The highest BCUT2D eigenvalue weighted by Gasteiger charge is 2.19. The van der Waals surface area contributed by atoms with Crippen molar-refractivity contribution in [1.82, 2.24) is 0 Å². The Kier molecular flexibility index (Phi) is 31.6. The largest absolute Gasteiger partial charge is 0.466 e. The lowest BCUT2D eigenvalue weighted by Crippen LogP contribution is -2.23. The monoisotopic (exact) mass is 567 g/mol. The van der Waals surface area contributed by atoms with Crippen molar-refractivity contribution in [3.05, 3.63) is 0 Å². The molecule has 0 radical (unpaired) electrons. The minimum atomic E-state index is -0.331. The zero-order valence-corrected chi connectivity index (χ0v) is 27.4. The molecule has 0 aromatic rings. The number of carbonyl (C=O) groups is 2. The smallest absolute Gasteiger partial charge is 0.309 e. The second-order valence-electron chi connectivity index (χ2n) is 12.2. The van der Waals surface area contributed by atoms with Crippen LogP contribution in [0.25, 0.3) is 0 Å². The maximum atomic E-state index is 12.5. The van der Waals surface area contributed by atoms with Crippen molar-refractivity contribution < 1.29 is 19.1 Å². The molecule has 0 aliphatic carbocycles. The summed E-state index contributed by atoms with van der Waals surface area (Å²) in [5, 5.41) is 0. The Bertz CT molecular complexity index is 533. The standard InChI is InChI=1S/C36H70O4/c1-4-7-10-13-15-17-18-19-21-23-26-29-32-39-36(38)33-34(40-35(37)31-28-24-12-9-6-3)30-27-25-22-20-16-14-11-8-5-2/h34H,4-33H2,1-3H3. The van der Waals surface area contributed by atoms with Crippen LogP contribution in [0.2, 0.25) is 0 Å². The Morgan fingerprint density at radius 2 is 0.825 bits per heavy atom. The van der Waals surface area contributed by atoms with Gasteiger partial charge in [0.15, 0.2) is 0 Å². The van der Waals surface area contributed by atoms with E-state index in [1.165, 1.54) is 128 Å². The summed E-state index contributed by atoms with van der Waals surface area (Å²) in [4.78, 5) is 25.0. The fraction of sp³-hybridized carbons (Fsp3) is 0.944.